The lowest BCUT2D eigenvalue weighted by Gasteiger charge is -2.17. The number of carbonyl (C=O) groups is 1. The van der Waals surface area contributed by atoms with Crippen LogP contribution in [0.4, 0.5) is 10.8 Å². The van der Waals surface area contributed by atoms with E-state index in [0.29, 0.717) is 11.6 Å². The van der Waals surface area contributed by atoms with Gasteiger partial charge in [0.1, 0.15) is 11.8 Å². The zero-order chi connectivity index (χ0) is 15.2. The van der Waals surface area contributed by atoms with Gasteiger partial charge in [-0.15, -0.1) is 11.3 Å². The second-order valence-corrected chi connectivity index (χ2v) is 5.48. The van der Waals surface area contributed by atoms with Crippen LogP contribution < -0.4 is 15.4 Å². The molecular weight excluding hydrogens is 286 g/mol. The Balaban J connectivity index is 1.99. The van der Waals surface area contributed by atoms with Gasteiger partial charge in [0, 0.05) is 11.1 Å². The molecular formula is C15H19N3O2S. The number of rotatable bonds is 6. The van der Waals surface area contributed by atoms with Crippen LogP contribution in [0.15, 0.2) is 29.6 Å². The summed E-state index contributed by atoms with van der Waals surface area (Å²) in [6.45, 7) is 3.87. The molecule has 21 heavy (non-hydrogen) atoms. The first kappa shape index (κ1) is 15.3. The van der Waals surface area contributed by atoms with Gasteiger partial charge in [-0.3, -0.25) is 4.79 Å². The average Bonchev–Trinajstić information content (AvgIpc) is 2.90. The van der Waals surface area contributed by atoms with E-state index < -0.39 is 0 Å². The fraction of sp³-hybridized carbons (Fsp3) is 0.333. The van der Waals surface area contributed by atoms with Crippen LogP contribution in [0.3, 0.4) is 0 Å². The summed E-state index contributed by atoms with van der Waals surface area (Å²) in [7, 11) is 1.63. The van der Waals surface area contributed by atoms with Gasteiger partial charge < -0.3 is 15.4 Å². The van der Waals surface area contributed by atoms with Crippen LogP contribution in [0, 0.1) is 6.92 Å². The maximum Gasteiger partial charge on any atom is 0.248 e. The monoisotopic (exact) mass is 305 g/mol. The van der Waals surface area contributed by atoms with Crippen LogP contribution in [0.2, 0.25) is 0 Å². The summed E-state index contributed by atoms with van der Waals surface area (Å²) in [4.78, 5) is 16.5. The molecule has 6 heteroatoms. The van der Waals surface area contributed by atoms with Gasteiger partial charge in [-0.25, -0.2) is 4.98 Å². The maximum atomic E-state index is 12.2. The number of benzene rings is 1. The lowest BCUT2D eigenvalue weighted by Crippen LogP contribution is -2.34. The fourth-order valence-electron chi connectivity index (χ4n) is 1.85. The molecule has 0 aliphatic rings. The minimum absolute atomic E-state index is 0.0809. The number of ether oxygens (including phenoxy) is 1. The van der Waals surface area contributed by atoms with Crippen molar-refractivity contribution in [1.29, 1.82) is 0 Å². The van der Waals surface area contributed by atoms with E-state index in [9.17, 15) is 4.79 Å². The zero-order valence-corrected chi connectivity index (χ0v) is 13.2. The minimum Gasteiger partial charge on any atom is -0.497 e. The van der Waals surface area contributed by atoms with Crippen molar-refractivity contribution in [3.05, 3.63) is 35.3 Å². The van der Waals surface area contributed by atoms with Crippen LogP contribution in [-0.2, 0) is 4.79 Å². The Kier molecular flexibility index (Phi) is 5.16. The van der Waals surface area contributed by atoms with E-state index in [1.54, 1.807) is 7.11 Å². The van der Waals surface area contributed by atoms with Gasteiger partial charge in [0.05, 0.1) is 12.8 Å². The molecule has 2 N–H and O–H groups in total. The summed E-state index contributed by atoms with van der Waals surface area (Å²) in [5.74, 6) is 0.707. The molecule has 112 valence electrons. The van der Waals surface area contributed by atoms with Crippen LogP contribution in [0.1, 0.15) is 19.0 Å². The second kappa shape index (κ2) is 7.08. The Labute approximate surface area is 128 Å². The van der Waals surface area contributed by atoms with E-state index in [2.05, 4.69) is 15.6 Å². The van der Waals surface area contributed by atoms with Crippen LogP contribution in [0.25, 0.3) is 0 Å². The van der Waals surface area contributed by atoms with Crippen molar-refractivity contribution in [2.75, 3.05) is 17.7 Å². The Morgan fingerprint density at radius 1 is 1.38 bits per heavy atom. The zero-order valence-electron chi connectivity index (χ0n) is 12.3. The fourth-order valence-corrected chi connectivity index (χ4v) is 2.54. The van der Waals surface area contributed by atoms with Crippen molar-refractivity contribution < 1.29 is 9.53 Å². The molecule has 1 atom stereocenters. The highest BCUT2D eigenvalue weighted by Crippen LogP contribution is 2.18. The van der Waals surface area contributed by atoms with Crippen LogP contribution in [0.5, 0.6) is 5.75 Å². The van der Waals surface area contributed by atoms with Crippen molar-refractivity contribution in [3.8, 4) is 5.75 Å². The molecule has 0 saturated heterocycles. The summed E-state index contributed by atoms with van der Waals surface area (Å²) in [5.41, 5.74) is 1.79. The van der Waals surface area contributed by atoms with E-state index >= 15 is 0 Å². The first-order valence-corrected chi connectivity index (χ1v) is 7.64. The van der Waals surface area contributed by atoms with E-state index in [4.69, 9.17) is 4.74 Å². The smallest absolute Gasteiger partial charge is 0.248 e. The van der Waals surface area contributed by atoms with Gasteiger partial charge in [-0.05, 0) is 37.6 Å². The molecule has 0 fully saturated rings. The summed E-state index contributed by atoms with van der Waals surface area (Å²) in [5, 5.41) is 8.60. The molecule has 0 aliphatic heterocycles. The third-order valence-corrected chi connectivity index (χ3v) is 3.88. The highest BCUT2D eigenvalue weighted by atomic mass is 32.1. The number of aryl methyl sites for hydroxylation is 1. The molecule has 0 unspecified atom stereocenters. The van der Waals surface area contributed by atoms with Gasteiger partial charge in [0.25, 0.3) is 0 Å². The summed E-state index contributed by atoms with van der Waals surface area (Å²) >= 11 is 1.43. The lowest BCUT2D eigenvalue weighted by molar-refractivity contribution is -0.116. The predicted molar refractivity (Wildman–Crippen MR) is 86.2 cm³/mol. The second-order valence-electron chi connectivity index (χ2n) is 4.62. The van der Waals surface area contributed by atoms with Crippen molar-refractivity contribution in [2.45, 2.75) is 26.3 Å². The highest BCUT2D eigenvalue weighted by Gasteiger charge is 2.17. The van der Waals surface area contributed by atoms with Gasteiger partial charge in [-0.2, -0.15) is 0 Å². The molecule has 1 amide bonds. The van der Waals surface area contributed by atoms with E-state index in [1.165, 1.54) is 11.3 Å². The van der Waals surface area contributed by atoms with Crippen molar-refractivity contribution >= 4 is 28.1 Å². The molecule has 2 rings (SSSR count). The topological polar surface area (TPSA) is 63.2 Å². The Hall–Kier alpha value is -2.08. The van der Waals surface area contributed by atoms with Gasteiger partial charge in [0.2, 0.25) is 5.91 Å². The normalized spacial score (nSPS) is 11.8. The Morgan fingerprint density at radius 2 is 2.10 bits per heavy atom. The first-order valence-electron chi connectivity index (χ1n) is 6.76. The molecule has 1 heterocycles. The Bertz CT molecular complexity index is 595. The van der Waals surface area contributed by atoms with Gasteiger partial charge in [-0.1, -0.05) is 6.92 Å². The number of carbonyl (C=O) groups excluding carboxylic acids is 1. The number of hydrogen-bond donors (Lipinski definition) is 2. The van der Waals surface area contributed by atoms with E-state index in [-0.39, 0.29) is 11.9 Å². The number of aromatic nitrogens is 1. The largest absolute Gasteiger partial charge is 0.497 e. The van der Waals surface area contributed by atoms with Crippen molar-refractivity contribution in [2.24, 2.45) is 0 Å². The van der Waals surface area contributed by atoms with Crippen molar-refractivity contribution in [1.82, 2.24) is 4.98 Å². The van der Waals surface area contributed by atoms with E-state index in [0.717, 1.165) is 17.1 Å². The number of nitrogens with one attached hydrogen (secondary N) is 2. The Morgan fingerprint density at radius 3 is 2.62 bits per heavy atom. The van der Waals surface area contributed by atoms with Gasteiger partial charge in [0.15, 0.2) is 5.13 Å². The maximum absolute atomic E-state index is 12.2. The number of methoxy groups -OCH3 is 1. The third kappa shape index (κ3) is 4.19. The molecule has 0 bridgehead atoms. The van der Waals surface area contributed by atoms with Crippen molar-refractivity contribution in [3.63, 3.8) is 0 Å². The molecule has 5 nitrogen and oxygen atoms in total. The number of amides is 1. The molecule has 0 spiro atoms. The molecule has 0 radical (unpaired) electrons. The molecule has 0 saturated carbocycles. The molecule has 1 aromatic heterocycles. The molecule has 2 aromatic rings. The molecule has 1 aromatic carbocycles. The minimum atomic E-state index is -0.303. The summed E-state index contributed by atoms with van der Waals surface area (Å²) in [6, 6.07) is 7.20. The average molecular weight is 305 g/mol. The number of thiazole rings is 1. The first-order chi connectivity index (χ1) is 10.1. The number of anilines is 2. The van der Waals surface area contributed by atoms with Gasteiger partial charge >= 0.3 is 0 Å². The number of hydrogen-bond acceptors (Lipinski definition) is 5. The predicted octanol–water partition coefficient (Wildman–Crippen LogP) is 3.29. The van der Waals surface area contributed by atoms with E-state index in [1.807, 2.05) is 43.5 Å². The quantitative estimate of drug-likeness (QED) is 0.859. The van der Waals surface area contributed by atoms with Crippen LogP contribution in [-0.4, -0.2) is 24.0 Å². The third-order valence-electron chi connectivity index (χ3n) is 3.00. The standard InChI is InChI=1S/C15H19N3O2S/c1-4-13(14(19)18-15-16-10(2)9-21-15)17-11-5-7-12(20-3)8-6-11/h5-9,13,17H,4H2,1-3H3,(H,16,18,19)/t13-/m0/s1. The number of nitrogens with zero attached hydrogens (tertiary/aromatic N) is 1. The van der Waals surface area contributed by atoms with Crippen LogP contribution >= 0.6 is 11.3 Å². The molecule has 0 aliphatic carbocycles. The highest BCUT2D eigenvalue weighted by molar-refractivity contribution is 7.13. The lowest BCUT2D eigenvalue weighted by atomic mass is 10.2. The SMILES string of the molecule is CC[C@H](Nc1ccc(OC)cc1)C(=O)Nc1nc(C)cs1. The summed E-state index contributed by atoms with van der Waals surface area (Å²) in [6.07, 6.45) is 0.683. The summed E-state index contributed by atoms with van der Waals surface area (Å²) < 4.78 is 5.12.